The van der Waals surface area contributed by atoms with E-state index < -0.39 is 5.97 Å². The third-order valence-electron chi connectivity index (χ3n) is 3.84. The summed E-state index contributed by atoms with van der Waals surface area (Å²) in [6, 6.07) is 12.8. The third-order valence-corrected chi connectivity index (χ3v) is 3.84. The number of carboxylic acids is 1. The van der Waals surface area contributed by atoms with Crippen molar-refractivity contribution in [1.29, 1.82) is 0 Å². The molecule has 0 fully saturated rings. The van der Waals surface area contributed by atoms with Crippen molar-refractivity contribution in [3.63, 3.8) is 0 Å². The molecule has 142 valence electrons. The normalized spacial score (nSPS) is 10.9. The average molecular weight is 368 g/mol. The molecule has 0 radical (unpaired) electrons. The molecule has 0 atom stereocenters. The van der Waals surface area contributed by atoms with Gasteiger partial charge >= 0.3 is 5.97 Å². The van der Waals surface area contributed by atoms with E-state index in [0.29, 0.717) is 17.7 Å². The molecule has 0 aliphatic carbocycles. The van der Waals surface area contributed by atoms with E-state index in [9.17, 15) is 14.4 Å². The minimum absolute atomic E-state index is 0.00183. The van der Waals surface area contributed by atoms with Crippen molar-refractivity contribution in [2.24, 2.45) is 5.41 Å². The van der Waals surface area contributed by atoms with E-state index >= 15 is 0 Å². The van der Waals surface area contributed by atoms with Crippen molar-refractivity contribution >= 4 is 17.8 Å². The summed E-state index contributed by atoms with van der Waals surface area (Å²) < 4.78 is 0. The van der Waals surface area contributed by atoms with Gasteiger partial charge in [0.2, 0.25) is 0 Å². The Kier molecular flexibility index (Phi) is 6.34. The molecule has 0 aliphatic heterocycles. The summed E-state index contributed by atoms with van der Waals surface area (Å²) in [4.78, 5) is 35.2. The standard InChI is InChI=1S/C21H24N2O4/c1-21(2,3)13-23-19(25)16-10-8-15(9-11-16)18(24)22-12-14-4-6-17(7-5-14)20(26)27/h4-11H,12-13H2,1-3H3,(H,22,24)(H,23,25)(H,26,27). The minimum atomic E-state index is -0.989. The molecular formula is C21H24N2O4. The number of carboxylic acid groups (broad SMARTS) is 1. The molecule has 2 aromatic carbocycles. The van der Waals surface area contributed by atoms with Crippen molar-refractivity contribution in [2.45, 2.75) is 27.3 Å². The molecule has 0 aromatic heterocycles. The Labute approximate surface area is 158 Å². The van der Waals surface area contributed by atoms with Gasteiger partial charge < -0.3 is 15.7 Å². The molecule has 3 N–H and O–H groups in total. The van der Waals surface area contributed by atoms with Gasteiger partial charge in [0.1, 0.15) is 0 Å². The molecule has 2 aromatic rings. The zero-order chi connectivity index (χ0) is 20.0. The Hall–Kier alpha value is -3.15. The summed E-state index contributed by atoms with van der Waals surface area (Å²) in [5.41, 5.74) is 1.94. The lowest BCUT2D eigenvalue weighted by atomic mass is 9.97. The molecule has 0 spiro atoms. The number of aromatic carboxylic acids is 1. The van der Waals surface area contributed by atoms with Crippen LogP contribution in [-0.2, 0) is 6.54 Å². The molecule has 0 bridgehead atoms. The second kappa shape index (κ2) is 8.49. The fraction of sp³-hybridized carbons (Fsp3) is 0.286. The highest BCUT2D eigenvalue weighted by molar-refractivity contribution is 5.97. The Morgan fingerprint density at radius 3 is 1.67 bits per heavy atom. The molecule has 2 amide bonds. The molecule has 6 nitrogen and oxygen atoms in total. The van der Waals surface area contributed by atoms with E-state index in [2.05, 4.69) is 10.6 Å². The van der Waals surface area contributed by atoms with E-state index in [0.717, 1.165) is 5.56 Å². The summed E-state index contributed by atoms with van der Waals surface area (Å²) in [7, 11) is 0. The lowest BCUT2D eigenvalue weighted by Gasteiger charge is -2.18. The monoisotopic (exact) mass is 368 g/mol. The smallest absolute Gasteiger partial charge is 0.335 e. The van der Waals surface area contributed by atoms with Crippen LogP contribution in [0.5, 0.6) is 0 Å². The zero-order valence-electron chi connectivity index (χ0n) is 15.7. The number of rotatable bonds is 6. The zero-order valence-corrected chi connectivity index (χ0v) is 15.7. The van der Waals surface area contributed by atoms with Crippen LogP contribution in [0.2, 0.25) is 0 Å². The van der Waals surface area contributed by atoms with Gasteiger partial charge in [-0.3, -0.25) is 9.59 Å². The van der Waals surface area contributed by atoms with E-state index in [-0.39, 0.29) is 29.3 Å². The topological polar surface area (TPSA) is 95.5 Å². The number of amides is 2. The van der Waals surface area contributed by atoms with Crippen LogP contribution in [0.4, 0.5) is 0 Å². The lowest BCUT2D eigenvalue weighted by molar-refractivity contribution is 0.0696. The van der Waals surface area contributed by atoms with Gasteiger partial charge in [0.05, 0.1) is 5.56 Å². The van der Waals surface area contributed by atoms with Gasteiger partial charge in [-0.1, -0.05) is 32.9 Å². The first-order valence-corrected chi connectivity index (χ1v) is 8.64. The largest absolute Gasteiger partial charge is 0.478 e. The van der Waals surface area contributed by atoms with Crippen LogP contribution in [-0.4, -0.2) is 29.4 Å². The van der Waals surface area contributed by atoms with Gasteiger partial charge in [0, 0.05) is 24.2 Å². The summed E-state index contributed by atoms with van der Waals surface area (Å²) in [6.45, 7) is 6.96. The number of carbonyl (C=O) groups is 3. The van der Waals surface area contributed by atoms with E-state index in [4.69, 9.17) is 5.11 Å². The number of hydrogen-bond donors (Lipinski definition) is 3. The van der Waals surface area contributed by atoms with Gasteiger partial charge in [-0.15, -0.1) is 0 Å². The second-order valence-electron chi connectivity index (χ2n) is 7.51. The third kappa shape index (κ3) is 6.26. The maximum absolute atomic E-state index is 12.2. The van der Waals surface area contributed by atoms with E-state index in [1.165, 1.54) is 12.1 Å². The quantitative estimate of drug-likeness (QED) is 0.730. The summed E-state index contributed by atoms with van der Waals surface area (Å²) >= 11 is 0. The van der Waals surface area contributed by atoms with Crippen molar-refractivity contribution in [1.82, 2.24) is 10.6 Å². The maximum Gasteiger partial charge on any atom is 0.335 e. The molecule has 6 heteroatoms. The van der Waals surface area contributed by atoms with Gasteiger partial charge in [-0.05, 0) is 47.4 Å². The Bertz CT molecular complexity index is 819. The van der Waals surface area contributed by atoms with Crippen LogP contribution in [0.15, 0.2) is 48.5 Å². The predicted octanol–water partition coefficient (Wildman–Crippen LogP) is 3.09. The predicted molar refractivity (Wildman–Crippen MR) is 103 cm³/mol. The molecular weight excluding hydrogens is 344 g/mol. The molecule has 0 unspecified atom stereocenters. The number of benzene rings is 2. The molecule has 27 heavy (non-hydrogen) atoms. The highest BCUT2D eigenvalue weighted by Crippen LogP contribution is 2.11. The molecule has 0 aliphatic rings. The van der Waals surface area contributed by atoms with Crippen molar-refractivity contribution in [2.75, 3.05) is 6.54 Å². The number of hydrogen-bond acceptors (Lipinski definition) is 3. The van der Waals surface area contributed by atoms with Crippen LogP contribution in [0.3, 0.4) is 0 Å². The Balaban J connectivity index is 1.91. The summed E-state index contributed by atoms with van der Waals surface area (Å²) in [6.07, 6.45) is 0. The average Bonchev–Trinajstić information content (AvgIpc) is 2.64. The van der Waals surface area contributed by atoms with E-state index in [1.54, 1.807) is 36.4 Å². The van der Waals surface area contributed by atoms with Crippen LogP contribution in [0, 0.1) is 5.41 Å². The summed E-state index contributed by atoms with van der Waals surface area (Å²) in [5, 5.41) is 14.5. The Morgan fingerprint density at radius 2 is 1.22 bits per heavy atom. The van der Waals surface area contributed by atoms with Gasteiger partial charge in [0.25, 0.3) is 11.8 Å². The first kappa shape index (κ1) is 20.2. The first-order chi connectivity index (χ1) is 12.7. The van der Waals surface area contributed by atoms with Crippen LogP contribution >= 0.6 is 0 Å². The summed E-state index contributed by atoms with van der Waals surface area (Å²) in [5.74, 6) is -1.42. The van der Waals surface area contributed by atoms with Gasteiger partial charge in [-0.25, -0.2) is 4.79 Å². The van der Waals surface area contributed by atoms with Crippen LogP contribution in [0.1, 0.15) is 57.4 Å². The van der Waals surface area contributed by atoms with Crippen molar-refractivity contribution in [3.8, 4) is 0 Å². The highest BCUT2D eigenvalue weighted by Gasteiger charge is 2.13. The van der Waals surface area contributed by atoms with E-state index in [1.807, 2.05) is 20.8 Å². The first-order valence-electron chi connectivity index (χ1n) is 8.64. The fourth-order valence-corrected chi connectivity index (χ4v) is 2.27. The Morgan fingerprint density at radius 1 is 0.778 bits per heavy atom. The van der Waals surface area contributed by atoms with Gasteiger partial charge in [-0.2, -0.15) is 0 Å². The maximum atomic E-state index is 12.2. The van der Waals surface area contributed by atoms with Crippen molar-refractivity contribution < 1.29 is 19.5 Å². The van der Waals surface area contributed by atoms with Crippen molar-refractivity contribution in [3.05, 3.63) is 70.8 Å². The molecule has 2 rings (SSSR count). The molecule has 0 heterocycles. The van der Waals surface area contributed by atoms with Crippen LogP contribution in [0.25, 0.3) is 0 Å². The number of carbonyl (C=O) groups excluding carboxylic acids is 2. The molecule has 0 saturated carbocycles. The SMILES string of the molecule is CC(C)(C)CNC(=O)c1ccc(C(=O)NCc2ccc(C(=O)O)cc2)cc1. The second-order valence-corrected chi connectivity index (χ2v) is 7.51. The fourth-order valence-electron chi connectivity index (χ4n) is 2.27. The minimum Gasteiger partial charge on any atom is -0.478 e. The van der Waals surface area contributed by atoms with Crippen LogP contribution < -0.4 is 10.6 Å². The molecule has 0 saturated heterocycles. The number of nitrogens with one attached hydrogen (secondary N) is 2. The highest BCUT2D eigenvalue weighted by atomic mass is 16.4. The van der Waals surface area contributed by atoms with Gasteiger partial charge in [0.15, 0.2) is 0 Å². The lowest BCUT2D eigenvalue weighted by Crippen LogP contribution is -2.32.